The summed E-state index contributed by atoms with van der Waals surface area (Å²) in [6, 6.07) is 11.8. The van der Waals surface area contributed by atoms with Crippen molar-refractivity contribution in [2.45, 2.75) is 0 Å². The number of hydrogen-bond acceptors (Lipinski definition) is 3. The highest BCUT2D eigenvalue weighted by Gasteiger charge is 2.05. The van der Waals surface area contributed by atoms with Crippen LogP contribution in [0.2, 0.25) is 0 Å². The van der Waals surface area contributed by atoms with E-state index < -0.39 is 0 Å². The number of ether oxygens (including phenoxy) is 1. The van der Waals surface area contributed by atoms with Crippen molar-refractivity contribution in [2.75, 3.05) is 12.8 Å². The first-order valence-corrected chi connectivity index (χ1v) is 4.66. The molecule has 0 radical (unpaired) electrons. The second-order valence-electron chi connectivity index (χ2n) is 3.18. The average Bonchev–Trinajstić information content (AvgIpc) is 2.30. The fourth-order valence-corrected chi connectivity index (χ4v) is 1.46. The Hall–Kier alpha value is -2.03. The van der Waals surface area contributed by atoms with Gasteiger partial charge in [-0.1, -0.05) is 30.3 Å². The molecule has 2 aromatic rings. The van der Waals surface area contributed by atoms with Crippen molar-refractivity contribution >= 4 is 5.82 Å². The van der Waals surface area contributed by atoms with Crippen LogP contribution >= 0.6 is 0 Å². The number of nitrogens with zero attached hydrogens (tertiary/aromatic N) is 1. The van der Waals surface area contributed by atoms with Gasteiger partial charge in [0.25, 0.3) is 0 Å². The Bertz CT molecular complexity index is 454. The maximum absolute atomic E-state index is 5.65. The minimum Gasteiger partial charge on any atom is -0.494 e. The maximum atomic E-state index is 5.65. The Balaban J connectivity index is 2.56. The van der Waals surface area contributed by atoms with E-state index in [9.17, 15) is 0 Å². The lowest BCUT2D eigenvalue weighted by Crippen LogP contribution is -1.94. The lowest BCUT2D eigenvalue weighted by atomic mass is 10.1. The summed E-state index contributed by atoms with van der Waals surface area (Å²) in [5, 5.41) is 0. The quantitative estimate of drug-likeness (QED) is 0.809. The van der Waals surface area contributed by atoms with Crippen LogP contribution in [0.5, 0.6) is 5.75 Å². The molecule has 0 aliphatic heterocycles. The minimum absolute atomic E-state index is 0.495. The molecule has 3 nitrogen and oxygen atoms in total. The van der Waals surface area contributed by atoms with E-state index in [2.05, 4.69) is 4.98 Å². The van der Waals surface area contributed by atoms with Crippen LogP contribution in [0, 0.1) is 0 Å². The number of pyridine rings is 1. The Kier molecular flexibility index (Phi) is 2.54. The fraction of sp³-hybridized carbons (Fsp3) is 0.0833. The molecule has 2 N–H and O–H groups in total. The van der Waals surface area contributed by atoms with Gasteiger partial charge < -0.3 is 10.5 Å². The smallest absolute Gasteiger partial charge is 0.145 e. The first-order chi connectivity index (χ1) is 7.31. The molecular weight excluding hydrogens is 188 g/mol. The summed E-state index contributed by atoms with van der Waals surface area (Å²) in [4.78, 5) is 3.99. The first kappa shape index (κ1) is 9.52. The number of hydrogen-bond donors (Lipinski definition) is 1. The maximum Gasteiger partial charge on any atom is 0.145 e. The van der Waals surface area contributed by atoms with Crippen molar-refractivity contribution < 1.29 is 4.74 Å². The third kappa shape index (κ3) is 1.91. The zero-order chi connectivity index (χ0) is 10.7. The van der Waals surface area contributed by atoms with Crippen LogP contribution in [-0.4, -0.2) is 12.1 Å². The molecule has 0 saturated carbocycles. The van der Waals surface area contributed by atoms with Gasteiger partial charge in [0.15, 0.2) is 0 Å². The Morgan fingerprint density at radius 1 is 1.20 bits per heavy atom. The van der Waals surface area contributed by atoms with E-state index >= 15 is 0 Å². The summed E-state index contributed by atoms with van der Waals surface area (Å²) >= 11 is 0. The molecule has 15 heavy (non-hydrogen) atoms. The molecule has 2 rings (SSSR count). The van der Waals surface area contributed by atoms with Crippen LogP contribution < -0.4 is 10.5 Å². The largest absolute Gasteiger partial charge is 0.494 e. The fourth-order valence-electron chi connectivity index (χ4n) is 1.46. The van der Waals surface area contributed by atoms with Gasteiger partial charge >= 0.3 is 0 Å². The summed E-state index contributed by atoms with van der Waals surface area (Å²) in [5.41, 5.74) is 7.69. The summed E-state index contributed by atoms with van der Waals surface area (Å²) in [5.74, 6) is 1.23. The van der Waals surface area contributed by atoms with Crippen molar-refractivity contribution in [2.24, 2.45) is 0 Å². The van der Waals surface area contributed by atoms with Crippen LogP contribution in [-0.2, 0) is 0 Å². The van der Waals surface area contributed by atoms with E-state index in [-0.39, 0.29) is 0 Å². The van der Waals surface area contributed by atoms with Crippen molar-refractivity contribution in [3.05, 3.63) is 42.6 Å². The van der Waals surface area contributed by atoms with Gasteiger partial charge in [0.2, 0.25) is 0 Å². The van der Waals surface area contributed by atoms with Crippen LogP contribution in [0.25, 0.3) is 11.1 Å². The van der Waals surface area contributed by atoms with Gasteiger partial charge in [-0.3, -0.25) is 0 Å². The molecule has 1 aromatic carbocycles. The monoisotopic (exact) mass is 200 g/mol. The van der Waals surface area contributed by atoms with Crippen LogP contribution in [0.4, 0.5) is 5.82 Å². The van der Waals surface area contributed by atoms with Crippen molar-refractivity contribution in [1.82, 2.24) is 4.98 Å². The topological polar surface area (TPSA) is 48.1 Å². The third-order valence-corrected chi connectivity index (χ3v) is 2.19. The zero-order valence-corrected chi connectivity index (χ0v) is 8.47. The Labute approximate surface area is 88.5 Å². The Morgan fingerprint density at radius 3 is 2.60 bits per heavy atom. The minimum atomic E-state index is 0.495. The second kappa shape index (κ2) is 4.00. The molecule has 0 saturated heterocycles. The highest BCUT2D eigenvalue weighted by atomic mass is 16.5. The van der Waals surface area contributed by atoms with E-state index in [1.165, 1.54) is 0 Å². The number of rotatable bonds is 2. The van der Waals surface area contributed by atoms with Gasteiger partial charge in [0.05, 0.1) is 13.3 Å². The molecule has 1 aromatic heterocycles. The van der Waals surface area contributed by atoms with Crippen molar-refractivity contribution in [3.63, 3.8) is 0 Å². The molecule has 0 amide bonds. The average molecular weight is 200 g/mol. The molecule has 0 bridgehead atoms. The van der Waals surface area contributed by atoms with Crippen LogP contribution in [0.1, 0.15) is 0 Å². The number of benzene rings is 1. The zero-order valence-electron chi connectivity index (χ0n) is 8.47. The first-order valence-electron chi connectivity index (χ1n) is 4.66. The number of methoxy groups -OCH3 is 1. The summed E-state index contributed by atoms with van der Waals surface area (Å²) in [6.45, 7) is 0. The van der Waals surface area contributed by atoms with Gasteiger partial charge in [-0.05, 0) is 11.6 Å². The summed E-state index contributed by atoms with van der Waals surface area (Å²) < 4.78 is 5.24. The molecule has 3 heteroatoms. The molecule has 0 aliphatic carbocycles. The molecule has 0 spiro atoms. The van der Waals surface area contributed by atoms with Gasteiger partial charge in [-0.15, -0.1) is 0 Å². The predicted octanol–water partition coefficient (Wildman–Crippen LogP) is 2.34. The number of aromatic nitrogens is 1. The molecular formula is C12H12N2O. The molecule has 76 valence electrons. The standard InChI is InChI=1S/C12H12N2O/c1-15-11-8-14-12(13)7-10(11)9-5-3-2-4-6-9/h2-8H,1H3,(H2,13,14). The normalized spacial score (nSPS) is 9.93. The summed E-state index contributed by atoms with van der Waals surface area (Å²) in [7, 11) is 1.62. The van der Waals surface area contributed by atoms with Gasteiger partial charge in [0, 0.05) is 5.56 Å². The highest BCUT2D eigenvalue weighted by molar-refractivity contribution is 5.72. The Morgan fingerprint density at radius 2 is 1.93 bits per heavy atom. The van der Waals surface area contributed by atoms with E-state index in [0.29, 0.717) is 5.82 Å². The van der Waals surface area contributed by atoms with E-state index in [1.807, 2.05) is 36.4 Å². The lowest BCUT2D eigenvalue weighted by molar-refractivity contribution is 0.414. The highest BCUT2D eigenvalue weighted by Crippen LogP contribution is 2.29. The molecule has 1 heterocycles. The predicted molar refractivity (Wildman–Crippen MR) is 60.6 cm³/mol. The van der Waals surface area contributed by atoms with Crippen LogP contribution in [0.15, 0.2) is 42.6 Å². The summed E-state index contributed by atoms with van der Waals surface area (Å²) in [6.07, 6.45) is 1.64. The number of anilines is 1. The van der Waals surface area contributed by atoms with E-state index in [4.69, 9.17) is 10.5 Å². The van der Waals surface area contributed by atoms with Gasteiger partial charge in [-0.2, -0.15) is 0 Å². The van der Waals surface area contributed by atoms with Gasteiger partial charge in [0.1, 0.15) is 11.6 Å². The van der Waals surface area contributed by atoms with E-state index in [1.54, 1.807) is 13.3 Å². The molecule has 0 fully saturated rings. The molecule has 0 aliphatic rings. The van der Waals surface area contributed by atoms with Crippen LogP contribution in [0.3, 0.4) is 0 Å². The number of nitrogen functional groups attached to an aromatic ring is 1. The number of nitrogens with two attached hydrogens (primary N) is 1. The van der Waals surface area contributed by atoms with Crippen molar-refractivity contribution in [1.29, 1.82) is 0 Å². The van der Waals surface area contributed by atoms with Gasteiger partial charge in [-0.25, -0.2) is 4.98 Å². The second-order valence-corrected chi connectivity index (χ2v) is 3.18. The van der Waals surface area contributed by atoms with Crippen molar-refractivity contribution in [3.8, 4) is 16.9 Å². The third-order valence-electron chi connectivity index (χ3n) is 2.19. The lowest BCUT2D eigenvalue weighted by Gasteiger charge is -2.08. The molecule has 0 atom stereocenters. The molecule has 0 unspecified atom stereocenters. The SMILES string of the molecule is COc1cnc(N)cc1-c1ccccc1. The van der Waals surface area contributed by atoms with E-state index in [0.717, 1.165) is 16.9 Å².